The number of carbonyl (C=O) groups is 2. The maximum Gasteiger partial charge on any atom is 0.285 e. The van der Waals surface area contributed by atoms with Gasteiger partial charge in [-0.2, -0.15) is 0 Å². The third-order valence-corrected chi connectivity index (χ3v) is 4.21. The summed E-state index contributed by atoms with van der Waals surface area (Å²) >= 11 is 0. The average molecular weight is 342 g/mol. The van der Waals surface area contributed by atoms with Crippen molar-refractivity contribution in [1.29, 1.82) is 0 Å². The number of hydrogen-bond acceptors (Lipinski definition) is 4. The molecule has 0 heterocycles. The van der Waals surface area contributed by atoms with E-state index in [9.17, 15) is 24.1 Å². The maximum absolute atomic E-state index is 13.6. The standard InChI is InChI=1S/C18H15FN2O4/c1-10-7-12(19)8-15(17(10)21(24)25)18(23)20-13-6-5-11-3-2-4-16(22)14(11)9-13/h5-9H,2-4H2,1H3,(H,20,23). The number of carbonyl (C=O) groups excluding carboxylic acids is 2. The van der Waals surface area contributed by atoms with Crippen molar-refractivity contribution in [2.75, 3.05) is 5.32 Å². The fraction of sp³-hybridized carbons (Fsp3) is 0.222. The van der Waals surface area contributed by atoms with Crippen LogP contribution in [0, 0.1) is 22.9 Å². The molecule has 7 heteroatoms. The predicted molar refractivity (Wildman–Crippen MR) is 89.5 cm³/mol. The maximum atomic E-state index is 13.6. The predicted octanol–water partition coefficient (Wildman–Crippen LogP) is 3.81. The van der Waals surface area contributed by atoms with E-state index in [0.29, 0.717) is 17.7 Å². The lowest BCUT2D eigenvalue weighted by Crippen LogP contribution is -2.17. The number of anilines is 1. The zero-order valence-corrected chi connectivity index (χ0v) is 13.5. The molecule has 2 aromatic rings. The number of nitro groups is 1. The Morgan fingerprint density at radius 1 is 1.24 bits per heavy atom. The molecule has 1 aliphatic carbocycles. The summed E-state index contributed by atoms with van der Waals surface area (Å²) in [4.78, 5) is 34.9. The Bertz CT molecular complexity index is 908. The van der Waals surface area contributed by atoms with Gasteiger partial charge in [0.25, 0.3) is 11.6 Å². The molecule has 1 aliphatic rings. The van der Waals surface area contributed by atoms with Crippen molar-refractivity contribution < 1.29 is 18.9 Å². The molecule has 25 heavy (non-hydrogen) atoms. The van der Waals surface area contributed by atoms with Crippen LogP contribution in [0.2, 0.25) is 0 Å². The van der Waals surface area contributed by atoms with Crippen molar-refractivity contribution >= 4 is 23.1 Å². The van der Waals surface area contributed by atoms with Crippen LogP contribution in [-0.2, 0) is 6.42 Å². The number of Topliss-reactive ketones (excluding diaryl/α,β-unsaturated/α-hetero) is 1. The molecule has 1 amide bonds. The quantitative estimate of drug-likeness (QED) is 0.678. The number of rotatable bonds is 3. The Balaban J connectivity index is 1.95. The molecular formula is C18H15FN2O4. The van der Waals surface area contributed by atoms with Crippen LogP contribution in [0.25, 0.3) is 0 Å². The van der Waals surface area contributed by atoms with Crippen molar-refractivity contribution in [2.45, 2.75) is 26.2 Å². The summed E-state index contributed by atoms with van der Waals surface area (Å²) in [6, 6.07) is 6.80. The molecule has 0 fully saturated rings. The SMILES string of the molecule is Cc1cc(F)cc(C(=O)Nc2ccc3c(c2)C(=O)CCC3)c1[N+](=O)[O-]. The van der Waals surface area contributed by atoms with Crippen LogP contribution < -0.4 is 5.32 Å². The minimum atomic E-state index is -0.794. The van der Waals surface area contributed by atoms with E-state index >= 15 is 0 Å². The lowest BCUT2D eigenvalue weighted by molar-refractivity contribution is -0.385. The number of fused-ring (bicyclic) bond motifs is 1. The minimum absolute atomic E-state index is 0.00456. The minimum Gasteiger partial charge on any atom is -0.322 e. The molecule has 0 aliphatic heterocycles. The van der Waals surface area contributed by atoms with E-state index in [4.69, 9.17) is 0 Å². The third kappa shape index (κ3) is 3.26. The lowest BCUT2D eigenvalue weighted by Gasteiger charge is -2.16. The summed E-state index contributed by atoms with van der Waals surface area (Å²) in [6.07, 6.45) is 2.05. The van der Waals surface area contributed by atoms with Crippen molar-refractivity contribution in [3.05, 3.63) is 68.5 Å². The van der Waals surface area contributed by atoms with Crippen LogP contribution in [0.15, 0.2) is 30.3 Å². The summed E-state index contributed by atoms with van der Waals surface area (Å²) in [5, 5.41) is 13.7. The Hall–Kier alpha value is -3.09. The monoisotopic (exact) mass is 342 g/mol. The molecular weight excluding hydrogens is 327 g/mol. The number of hydrogen-bond donors (Lipinski definition) is 1. The fourth-order valence-corrected chi connectivity index (χ4v) is 3.06. The van der Waals surface area contributed by atoms with Gasteiger partial charge < -0.3 is 5.32 Å². The molecule has 1 N–H and O–H groups in total. The second-order valence-corrected chi connectivity index (χ2v) is 5.98. The van der Waals surface area contributed by atoms with Crippen molar-refractivity contribution in [1.82, 2.24) is 0 Å². The van der Waals surface area contributed by atoms with Crippen LogP contribution in [0.5, 0.6) is 0 Å². The van der Waals surface area contributed by atoms with Gasteiger partial charge in [-0.1, -0.05) is 6.07 Å². The third-order valence-electron chi connectivity index (χ3n) is 4.21. The van der Waals surface area contributed by atoms with Crippen LogP contribution >= 0.6 is 0 Å². The average Bonchev–Trinajstić information content (AvgIpc) is 2.54. The van der Waals surface area contributed by atoms with Gasteiger partial charge in [-0.25, -0.2) is 4.39 Å². The molecule has 0 bridgehead atoms. The van der Waals surface area contributed by atoms with E-state index < -0.39 is 22.3 Å². The number of nitro benzene ring substituents is 1. The van der Waals surface area contributed by atoms with Crippen LogP contribution in [0.4, 0.5) is 15.8 Å². The van der Waals surface area contributed by atoms with Crippen molar-refractivity contribution in [3.8, 4) is 0 Å². The van der Waals surface area contributed by atoms with Gasteiger partial charge in [-0.05, 0) is 49.6 Å². The topological polar surface area (TPSA) is 89.3 Å². The number of aryl methyl sites for hydroxylation is 2. The highest BCUT2D eigenvalue weighted by Crippen LogP contribution is 2.27. The smallest absolute Gasteiger partial charge is 0.285 e. The largest absolute Gasteiger partial charge is 0.322 e. The molecule has 0 saturated carbocycles. The molecule has 0 spiro atoms. The van der Waals surface area contributed by atoms with Gasteiger partial charge >= 0.3 is 0 Å². The Morgan fingerprint density at radius 3 is 2.72 bits per heavy atom. The zero-order chi connectivity index (χ0) is 18.1. The second-order valence-electron chi connectivity index (χ2n) is 5.98. The van der Waals surface area contributed by atoms with E-state index in [1.165, 1.54) is 6.92 Å². The highest BCUT2D eigenvalue weighted by Gasteiger charge is 2.25. The van der Waals surface area contributed by atoms with Gasteiger partial charge in [-0.3, -0.25) is 19.7 Å². The van der Waals surface area contributed by atoms with E-state index in [-0.39, 0.29) is 16.9 Å². The summed E-state index contributed by atoms with van der Waals surface area (Å²) < 4.78 is 13.6. The Labute approximate surface area is 142 Å². The van der Waals surface area contributed by atoms with Crippen LogP contribution in [0.3, 0.4) is 0 Å². The van der Waals surface area contributed by atoms with E-state index in [2.05, 4.69) is 5.32 Å². The fourth-order valence-electron chi connectivity index (χ4n) is 3.06. The Kier molecular flexibility index (Phi) is 4.31. The molecule has 128 valence electrons. The van der Waals surface area contributed by atoms with Crippen LogP contribution in [0.1, 0.15) is 44.7 Å². The molecule has 0 radical (unpaired) electrons. The molecule has 0 saturated heterocycles. The summed E-state index contributed by atoms with van der Waals surface area (Å²) in [7, 11) is 0. The molecule has 2 aromatic carbocycles. The zero-order valence-electron chi connectivity index (χ0n) is 13.5. The number of benzene rings is 2. The first-order valence-electron chi connectivity index (χ1n) is 7.79. The lowest BCUT2D eigenvalue weighted by atomic mass is 9.90. The van der Waals surface area contributed by atoms with E-state index in [0.717, 1.165) is 30.5 Å². The molecule has 0 aromatic heterocycles. The summed E-state index contributed by atoms with van der Waals surface area (Å²) in [6.45, 7) is 1.37. The van der Waals surface area contributed by atoms with Gasteiger partial charge in [0.05, 0.1) is 4.92 Å². The van der Waals surface area contributed by atoms with E-state index in [1.807, 2.05) is 0 Å². The first-order valence-corrected chi connectivity index (χ1v) is 7.79. The van der Waals surface area contributed by atoms with Gasteiger partial charge in [0.15, 0.2) is 5.78 Å². The summed E-state index contributed by atoms with van der Waals surface area (Å²) in [5.74, 6) is -1.52. The highest BCUT2D eigenvalue weighted by molar-refractivity contribution is 6.08. The first-order chi connectivity index (χ1) is 11.9. The van der Waals surface area contributed by atoms with E-state index in [1.54, 1.807) is 18.2 Å². The molecule has 0 atom stereocenters. The van der Waals surface area contributed by atoms with Gasteiger partial charge in [0, 0.05) is 23.2 Å². The number of nitrogens with one attached hydrogen (secondary N) is 1. The van der Waals surface area contributed by atoms with Crippen LogP contribution in [-0.4, -0.2) is 16.6 Å². The van der Waals surface area contributed by atoms with Crippen molar-refractivity contribution in [3.63, 3.8) is 0 Å². The van der Waals surface area contributed by atoms with Gasteiger partial charge in [0.1, 0.15) is 11.4 Å². The second kappa shape index (κ2) is 6.43. The first kappa shape index (κ1) is 16.8. The molecule has 3 rings (SSSR count). The van der Waals surface area contributed by atoms with Crippen molar-refractivity contribution in [2.24, 2.45) is 0 Å². The molecule has 6 nitrogen and oxygen atoms in total. The number of ketones is 1. The number of amides is 1. The van der Waals surface area contributed by atoms with Gasteiger partial charge in [-0.15, -0.1) is 0 Å². The molecule has 0 unspecified atom stereocenters. The number of halogens is 1. The van der Waals surface area contributed by atoms with Gasteiger partial charge in [0.2, 0.25) is 0 Å². The number of nitrogens with zero attached hydrogens (tertiary/aromatic N) is 1. The summed E-state index contributed by atoms with van der Waals surface area (Å²) in [5.41, 5.74) is 1.08. The highest BCUT2D eigenvalue weighted by atomic mass is 19.1. The normalized spacial score (nSPS) is 13.3. The Morgan fingerprint density at radius 2 is 2.00 bits per heavy atom.